The second-order valence-electron chi connectivity index (χ2n) is 6.94. The average Bonchev–Trinajstić information content (AvgIpc) is 2.74. The molecule has 3 rings (SSSR count). The highest BCUT2D eigenvalue weighted by molar-refractivity contribution is 7.99. The molecule has 10 atom stereocenters. The lowest BCUT2D eigenvalue weighted by molar-refractivity contribution is -0.338. The van der Waals surface area contributed by atoms with E-state index < -0.39 is 73.8 Å². The molecule has 1 aromatic carbocycles. The van der Waals surface area contributed by atoms with Gasteiger partial charge in [0.2, 0.25) is 0 Å². The smallest absolute Gasteiger partial charge is 0.187 e. The Labute approximate surface area is 171 Å². The van der Waals surface area contributed by atoms with Crippen LogP contribution in [0.15, 0.2) is 35.2 Å². The van der Waals surface area contributed by atoms with Gasteiger partial charge in [-0.3, -0.25) is 0 Å². The van der Waals surface area contributed by atoms with Crippen molar-refractivity contribution in [1.82, 2.24) is 0 Å². The van der Waals surface area contributed by atoms with Gasteiger partial charge in [-0.2, -0.15) is 0 Å². The van der Waals surface area contributed by atoms with Crippen LogP contribution in [0.1, 0.15) is 0 Å². The Morgan fingerprint density at radius 1 is 0.759 bits per heavy atom. The van der Waals surface area contributed by atoms with Crippen LogP contribution >= 0.6 is 11.8 Å². The molecule has 2 fully saturated rings. The predicted octanol–water partition coefficient (Wildman–Crippen LogP) is -2.60. The van der Waals surface area contributed by atoms with E-state index in [0.29, 0.717) is 0 Å². The van der Waals surface area contributed by atoms with E-state index in [4.69, 9.17) is 14.2 Å². The van der Waals surface area contributed by atoms with E-state index >= 15 is 0 Å². The van der Waals surface area contributed by atoms with Crippen molar-refractivity contribution >= 4 is 11.8 Å². The highest BCUT2D eigenvalue weighted by Gasteiger charge is 2.50. The van der Waals surface area contributed by atoms with Crippen LogP contribution in [0.2, 0.25) is 0 Å². The van der Waals surface area contributed by atoms with Crippen LogP contribution in [-0.2, 0) is 14.2 Å². The molecule has 11 heteroatoms. The third-order valence-corrected chi connectivity index (χ3v) is 6.12. The van der Waals surface area contributed by atoms with Gasteiger partial charge in [-0.15, -0.1) is 0 Å². The summed E-state index contributed by atoms with van der Waals surface area (Å²) in [6.07, 6.45) is -12.9. The summed E-state index contributed by atoms with van der Waals surface area (Å²) in [5.74, 6) is 0. The summed E-state index contributed by atoms with van der Waals surface area (Å²) in [5, 5.41) is 69.8. The van der Waals surface area contributed by atoms with Gasteiger partial charge in [-0.05, 0) is 12.1 Å². The van der Waals surface area contributed by atoms with E-state index in [1.54, 1.807) is 12.1 Å². The third-order valence-electron chi connectivity index (χ3n) is 4.96. The Bertz CT molecular complexity index is 632. The van der Waals surface area contributed by atoms with Gasteiger partial charge in [-0.1, -0.05) is 30.0 Å². The van der Waals surface area contributed by atoms with Crippen molar-refractivity contribution in [1.29, 1.82) is 0 Å². The normalized spacial score (nSPS) is 43.3. The molecule has 0 aliphatic carbocycles. The van der Waals surface area contributed by atoms with Crippen LogP contribution in [0.4, 0.5) is 0 Å². The fourth-order valence-corrected chi connectivity index (χ4v) is 4.37. The minimum atomic E-state index is -1.69. The number of benzene rings is 1. The molecular formula is C18H26O10S. The molecule has 2 aliphatic rings. The monoisotopic (exact) mass is 434 g/mol. The van der Waals surface area contributed by atoms with Crippen molar-refractivity contribution in [2.24, 2.45) is 0 Å². The fourth-order valence-electron chi connectivity index (χ4n) is 3.29. The zero-order valence-corrected chi connectivity index (χ0v) is 16.2. The molecule has 0 radical (unpaired) electrons. The van der Waals surface area contributed by atoms with Gasteiger partial charge < -0.3 is 50.0 Å². The summed E-state index contributed by atoms with van der Waals surface area (Å²) in [7, 11) is 0. The fraction of sp³-hybridized carbons (Fsp3) is 0.667. The highest BCUT2D eigenvalue weighted by atomic mass is 32.2. The van der Waals surface area contributed by atoms with E-state index in [1.807, 2.05) is 18.2 Å². The first-order chi connectivity index (χ1) is 13.9. The van der Waals surface area contributed by atoms with Crippen LogP contribution in [-0.4, -0.2) is 110 Å². The van der Waals surface area contributed by atoms with Gasteiger partial charge in [0, 0.05) is 4.90 Å². The Morgan fingerprint density at radius 2 is 1.41 bits per heavy atom. The number of aliphatic hydroxyl groups excluding tert-OH is 7. The summed E-state index contributed by atoms with van der Waals surface area (Å²) in [4.78, 5) is 0.786. The van der Waals surface area contributed by atoms with Crippen molar-refractivity contribution < 1.29 is 50.0 Å². The molecule has 2 heterocycles. The maximum atomic E-state index is 10.6. The molecular weight excluding hydrogens is 408 g/mol. The summed E-state index contributed by atoms with van der Waals surface area (Å²) in [5.41, 5.74) is -0.890. The SMILES string of the molecule is OC[C@H]1O[C@@H](O[C@H]2[C@H](O)[C@@H](O)[C@@H](Sc3ccccc3)O[C@@H]2CO)[C@H](O)[C@@H](O)[C@@H]1O. The first-order valence-electron chi connectivity index (χ1n) is 9.17. The lowest BCUT2D eigenvalue weighted by atomic mass is 9.97. The molecule has 29 heavy (non-hydrogen) atoms. The summed E-state index contributed by atoms with van der Waals surface area (Å²) < 4.78 is 16.5. The van der Waals surface area contributed by atoms with Crippen molar-refractivity contribution in [2.45, 2.75) is 65.5 Å². The molecule has 1 aromatic rings. The lowest BCUT2D eigenvalue weighted by Gasteiger charge is -2.46. The van der Waals surface area contributed by atoms with Crippen molar-refractivity contribution in [3.05, 3.63) is 30.3 Å². The quantitative estimate of drug-likeness (QED) is 0.251. The minimum Gasteiger partial charge on any atom is -0.394 e. The summed E-state index contributed by atoms with van der Waals surface area (Å²) in [6.45, 7) is -1.20. The maximum Gasteiger partial charge on any atom is 0.187 e. The predicted molar refractivity (Wildman–Crippen MR) is 98.7 cm³/mol. The van der Waals surface area contributed by atoms with Crippen LogP contribution < -0.4 is 0 Å². The maximum absolute atomic E-state index is 10.6. The number of hydrogen-bond donors (Lipinski definition) is 7. The first-order valence-corrected chi connectivity index (χ1v) is 10.1. The topological polar surface area (TPSA) is 169 Å². The molecule has 0 amide bonds. The Hall–Kier alpha value is -0.830. The molecule has 0 spiro atoms. The van der Waals surface area contributed by atoms with Crippen LogP contribution in [0.3, 0.4) is 0 Å². The van der Waals surface area contributed by atoms with E-state index in [-0.39, 0.29) is 0 Å². The van der Waals surface area contributed by atoms with Gasteiger partial charge in [0.15, 0.2) is 6.29 Å². The molecule has 164 valence electrons. The van der Waals surface area contributed by atoms with Gasteiger partial charge >= 0.3 is 0 Å². The van der Waals surface area contributed by atoms with E-state index in [1.165, 1.54) is 0 Å². The van der Waals surface area contributed by atoms with Crippen LogP contribution in [0, 0.1) is 0 Å². The number of thioether (sulfide) groups is 1. The lowest BCUT2D eigenvalue weighted by Crippen LogP contribution is -2.64. The third kappa shape index (κ3) is 4.92. The second-order valence-corrected chi connectivity index (χ2v) is 8.11. The average molecular weight is 434 g/mol. The van der Waals surface area contributed by atoms with E-state index in [9.17, 15) is 35.7 Å². The van der Waals surface area contributed by atoms with Gasteiger partial charge in [0.1, 0.15) is 54.3 Å². The van der Waals surface area contributed by atoms with Gasteiger partial charge in [0.25, 0.3) is 0 Å². The largest absolute Gasteiger partial charge is 0.394 e. The Balaban J connectivity index is 1.71. The molecule has 0 bridgehead atoms. The Morgan fingerprint density at radius 3 is 2.03 bits per heavy atom. The van der Waals surface area contributed by atoms with Gasteiger partial charge in [0.05, 0.1) is 13.2 Å². The summed E-state index contributed by atoms with van der Waals surface area (Å²) in [6, 6.07) is 9.05. The zero-order valence-electron chi connectivity index (χ0n) is 15.3. The highest BCUT2D eigenvalue weighted by Crippen LogP contribution is 2.35. The van der Waals surface area contributed by atoms with E-state index in [0.717, 1.165) is 16.7 Å². The van der Waals surface area contributed by atoms with Crippen molar-refractivity contribution in [2.75, 3.05) is 13.2 Å². The first kappa shape index (κ1) is 22.8. The second kappa shape index (κ2) is 9.98. The van der Waals surface area contributed by atoms with Crippen molar-refractivity contribution in [3.63, 3.8) is 0 Å². The van der Waals surface area contributed by atoms with Crippen LogP contribution in [0.5, 0.6) is 0 Å². The number of aliphatic hydroxyl groups is 7. The number of hydrogen-bond acceptors (Lipinski definition) is 11. The summed E-state index contributed by atoms with van der Waals surface area (Å²) >= 11 is 1.16. The minimum absolute atomic E-state index is 0.558. The zero-order chi connectivity index (χ0) is 21.1. The molecule has 0 saturated carbocycles. The molecule has 0 unspecified atom stereocenters. The van der Waals surface area contributed by atoms with E-state index in [2.05, 4.69) is 0 Å². The number of ether oxygens (including phenoxy) is 3. The molecule has 0 aromatic heterocycles. The number of rotatable bonds is 6. The molecule has 2 aliphatic heterocycles. The van der Waals surface area contributed by atoms with Crippen molar-refractivity contribution in [3.8, 4) is 0 Å². The molecule has 2 saturated heterocycles. The standard InChI is InChI=1S/C18H26O10S/c19-6-9-11(21)12(22)14(24)17(26-9)28-16-10(7-20)27-18(15(25)13(16)23)29-8-4-2-1-3-5-8/h1-5,9-25H,6-7H2/t9-,10-,11-,12+,13-,14-,15-,16-,17+,18-/m1/s1. The van der Waals surface area contributed by atoms with Crippen LogP contribution in [0.25, 0.3) is 0 Å². The Kier molecular flexibility index (Phi) is 7.87. The molecule has 10 nitrogen and oxygen atoms in total. The molecule has 7 N–H and O–H groups in total. The van der Waals surface area contributed by atoms with Gasteiger partial charge in [-0.25, -0.2) is 0 Å².